The number of anilines is 1. The molecule has 2 aromatic carbocycles. The Bertz CT molecular complexity index is 1140. The van der Waals surface area contributed by atoms with Crippen LogP contribution in [-0.2, 0) is 10.0 Å². The van der Waals surface area contributed by atoms with Crippen LogP contribution in [0.2, 0.25) is 0 Å². The van der Waals surface area contributed by atoms with Gasteiger partial charge in [-0.15, -0.1) is 0 Å². The molecule has 3 aromatic rings. The van der Waals surface area contributed by atoms with E-state index in [1.165, 1.54) is 34.8 Å². The molecule has 1 fully saturated rings. The van der Waals surface area contributed by atoms with Gasteiger partial charge in [-0.05, 0) is 54.8 Å². The van der Waals surface area contributed by atoms with Crippen LogP contribution in [0.25, 0.3) is 11.1 Å². The number of nitrogens with zero attached hydrogens (tertiary/aromatic N) is 3. The Morgan fingerprint density at radius 2 is 1.62 bits per heavy atom. The second kappa shape index (κ2) is 7.49. The summed E-state index contributed by atoms with van der Waals surface area (Å²) in [6, 6.07) is 9.96. The van der Waals surface area contributed by atoms with Crippen molar-refractivity contribution in [1.29, 1.82) is 0 Å². The van der Waals surface area contributed by atoms with Crippen LogP contribution < -0.4 is 5.73 Å². The summed E-state index contributed by atoms with van der Waals surface area (Å²) < 4.78 is 54.3. The summed E-state index contributed by atoms with van der Waals surface area (Å²) in [6.45, 7) is 0.303. The van der Waals surface area contributed by atoms with Crippen molar-refractivity contribution in [3.05, 3.63) is 72.1 Å². The molecule has 2 N–H and O–H groups in total. The molecule has 4 rings (SSSR count). The van der Waals surface area contributed by atoms with Crippen molar-refractivity contribution >= 4 is 16.0 Å². The number of nitrogen functional groups attached to an aromatic ring is 1. The summed E-state index contributed by atoms with van der Waals surface area (Å²) in [6.07, 6.45) is 2.70. The highest BCUT2D eigenvalue weighted by Gasteiger charge is 2.38. The van der Waals surface area contributed by atoms with Gasteiger partial charge in [0.1, 0.15) is 11.6 Å². The molecule has 1 saturated heterocycles. The monoisotopic (exact) mass is 416 g/mol. The van der Waals surface area contributed by atoms with Crippen molar-refractivity contribution in [3.63, 3.8) is 0 Å². The van der Waals surface area contributed by atoms with Crippen LogP contribution in [0, 0.1) is 11.6 Å². The molecule has 1 aromatic heterocycles. The number of benzene rings is 2. The van der Waals surface area contributed by atoms with Gasteiger partial charge >= 0.3 is 0 Å². The Balaban J connectivity index is 1.79. The molecular formula is C20H18F2N4O2S. The van der Waals surface area contributed by atoms with Gasteiger partial charge in [0.2, 0.25) is 16.0 Å². The van der Waals surface area contributed by atoms with Gasteiger partial charge in [0.25, 0.3) is 0 Å². The Labute approximate surface area is 167 Å². The smallest absolute Gasteiger partial charge is 0.243 e. The lowest BCUT2D eigenvalue weighted by molar-refractivity contribution is 0.391. The highest BCUT2D eigenvalue weighted by atomic mass is 32.2. The number of rotatable bonds is 4. The SMILES string of the molecule is Nc1ncc(-c2ccc(F)cc2)c(C2CCCN2S(=O)(=O)c2ccc(F)cc2)n1. The summed E-state index contributed by atoms with van der Waals surface area (Å²) in [4.78, 5) is 8.37. The number of hydrogen-bond acceptors (Lipinski definition) is 5. The van der Waals surface area contributed by atoms with Gasteiger partial charge in [-0.3, -0.25) is 0 Å². The molecule has 0 aliphatic carbocycles. The third-order valence-electron chi connectivity index (χ3n) is 4.93. The van der Waals surface area contributed by atoms with Crippen molar-refractivity contribution in [2.45, 2.75) is 23.8 Å². The van der Waals surface area contributed by atoms with Gasteiger partial charge in [-0.1, -0.05) is 12.1 Å². The van der Waals surface area contributed by atoms with E-state index in [1.807, 2.05) is 0 Å². The van der Waals surface area contributed by atoms with Gasteiger partial charge in [-0.25, -0.2) is 27.2 Å². The van der Waals surface area contributed by atoms with Crippen LogP contribution in [0.4, 0.5) is 14.7 Å². The zero-order valence-corrected chi connectivity index (χ0v) is 16.1. The molecule has 0 spiro atoms. The average Bonchev–Trinajstić information content (AvgIpc) is 3.20. The highest BCUT2D eigenvalue weighted by molar-refractivity contribution is 7.89. The zero-order valence-electron chi connectivity index (χ0n) is 15.3. The fourth-order valence-corrected chi connectivity index (χ4v) is 5.22. The molecule has 2 heterocycles. The van der Waals surface area contributed by atoms with E-state index in [4.69, 9.17) is 5.73 Å². The number of hydrogen-bond donors (Lipinski definition) is 1. The van der Waals surface area contributed by atoms with Gasteiger partial charge in [0.05, 0.1) is 16.6 Å². The molecule has 6 nitrogen and oxygen atoms in total. The van der Waals surface area contributed by atoms with Crippen LogP contribution in [0.1, 0.15) is 24.6 Å². The Kier molecular flexibility index (Phi) is 5.01. The number of halogens is 2. The second-order valence-electron chi connectivity index (χ2n) is 6.76. The Morgan fingerprint density at radius 1 is 1.00 bits per heavy atom. The van der Waals surface area contributed by atoms with E-state index in [1.54, 1.807) is 12.1 Å². The molecule has 0 radical (unpaired) electrons. The molecule has 1 aliphatic rings. The minimum atomic E-state index is -3.87. The van der Waals surface area contributed by atoms with Crippen LogP contribution in [-0.4, -0.2) is 29.2 Å². The third kappa shape index (κ3) is 3.70. The largest absolute Gasteiger partial charge is 0.368 e. The van der Waals surface area contributed by atoms with Gasteiger partial charge < -0.3 is 5.73 Å². The van der Waals surface area contributed by atoms with Gasteiger partial charge in [0.15, 0.2) is 0 Å². The predicted molar refractivity (Wildman–Crippen MR) is 104 cm³/mol. The van der Waals surface area contributed by atoms with Crippen LogP contribution in [0.5, 0.6) is 0 Å². The Hall–Kier alpha value is -2.91. The standard InChI is InChI=1S/C20H18F2N4O2S/c21-14-5-3-13(4-6-14)17-12-24-20(23)25-19(17)18-2-1-11-26(18)29(27,28)16-9-7-15(22)8-10-16/h3-10,12,18H,1-2,11H2,(H2,23,24,25). The van der Waals surface area contributed by atoms with Crippen molar-refractivity contribution in [2.75, 3.05) is 12.3 Å². The van der Waals surface area contributed by atoms with Crippen LogP contribution in [0.3, 0.4) is 0 Å². The summed E-state index contributed by atoms with van der Waals surface area (Å²) in [7, 11) is -3.87. The van der Waals surface area contributed by atoms with Crippen molar-refractivity contribution < 1.29 is 17.2 Å². The first-order chi connectivity index (χ1) is 13.9. The minimum Gasteiger partial charge on any atom is -0.368 e. The van der Waals surface area contributed by atoms with E-state index in [2.05, 4.69) is 9.97 Å². The maximum atomic E-state index is 13.3. The lowest BCUT2D eigenvalue weighted by Crippen LogP contribution is -2.31. The first kappa shape index (κ1) is 19.4. The predicted octanol–water partition coefficient (Wildman–Crippen LogP) is 3.53. The van der Waals surface area contributed by atoms with Gasteiger partial charge in [0, 0.05) is 18.3 Å². The van der Waals surface area contributed by atoms with E-state index < -0.39 is 21.9 Å². The lowest BCUT2D eigenvalue weighted by Gasteiger charge is -2.25. The fraction of sp³-hybridized carbons (Fsp3) is 0.200. The third-order valence-corrected chi connectivity index (χ3v) is 6.85. The first-order valence-electron chi connectivity index (χ1n) is 9.02. The van der Waals surface area contributed by atoms with E-state index in [0.29, 0.717) is 36.2 Å². The molecule has 0 saturated carbocycles. The maximum Gasteiger partial charge on any atom is 0.243 e. The topological polar surface area (TPSA) is 89.2 Å². The quantitative estimate of drug-likeness (QED) is 0.703. The second-order valence-corrected chi connectivity index (χ2v) is 8.65. The fourth-order valence-electron chi connectivity index (χ4n) is 3.56. The number of sulfonamides is 1. The maximum absolute atomic E-state index is 13.3. The van der Waals surface area contributed by atoms with E-state index in [-0.39, 0.29) is 16.7 Å². The van der Waals surface area contributed by atoms with E-state index in [9.17, 15) is 17.2 Å². The molecule has 0 bridgehead atoms. The summed E-state index contributed by atoms with van der Waals surface area (Å²) in [5.74, 6) is -0.867. The first-order valence-corrected chi connectivity index (χ1v) is 10.5. The van der Waals surface area contributed by atoms with Gasteiger partial charge in [-0.2, -0.15) is 4.31 Å². The molecular weight excluding hydrogens is 398 g/mol. The molecule has 29 heavy (non-hydrogen) atoms. The van der Waals surface area contributed by atoms with E-state index in [0.717, 1.165) is 12.1 Å². The van der Waals surface area contributed by atoms with Crippen molar-refractivity contribution in [3.8, 4) is 11.1 Å². The van der Waals surface area contributed by atoms with Crippen molar-refractivity contribution in [2.24, 2.45) is 0 Å². The summed E-state index contributed by atoms with van der Waals surface area (Å²) in [5, 5.41) is 0. The van der Waals surface area contributed by atoms with Crippen LogP contribution in [0.15, 0.2) is 59.6 Å². The average molecular weight is 416 g/mol. The molecule has 9 heteroatoms. The highest BCUT2D eigenvalue weighted by Crippen LogP contribution is 2.39. The summed E-state index contributed by atoms with van der Waals surface area (Å²) >= 11 is 0. The molecule has 1 atom stereocenters. The molecule has 1 aliphatic heterocycles. The molecule has 0 amide bonds. The number of nitrogens with two attached hydrogens (primary N) is 1. The molecule has 150 valence electrons. The minimum absolute atomic E-state index is 0.0103. The van der Waals surface area contributed by atoms with Crippen molar-refractivity contribution in [1.82, 2.24) is 14.3 Å². The normalized spacial score (nSPS) is 17.5. The zero-order chi connectivity index (χ0) is 20.6. The van der Waals surface area contributed by atoms with E-state index >= 15 is 0 Å². The van der Waals surface area contributed by atoms with Crippen LogP contribution >= 0.6 is 0 Å². The number of aromatic nitrogens is 2. The molecule has 1 unspecified atom stereocenters. The lowest BCUT2D eigenvalue weighted by atomic mass is 10.0. The summed E-state index contributed by atoms with van der Waals surface area (Å²) in [5.41, 5.74) is 7.50. The Morgan fingerprint density at radius 3 is 2.28 bits per heavy atom.